The van der Waals surface area contributed by atoms with Crippen molar-refractivity contribution in [3.05, 3.63) is 62.7 Å². The quantitative estimate of drug-likeness (QED) is 0.0973. The van der Waals surface area contributed by atoms with Crippen LogP contribution in [0.2, 0.25) is 0 Å². The monoisotopic (exact) mass is 839 g/mol. The Labute approximate surface area is 349 Å². The lowest BCUT2D eigenvalue weighted by Crippen LogP contribution is -2.54. The summed E-state index contributed by atoms with van der Waals surface area (Å²) in [6.45, 7) is 6.65. The number of rotatable bonds is 12. The van der Waals surface area contributed by atoms with E-state index in [4.69, 9.17) is 38.3 Å². The number of esters is 2. The number of phenolic OH excluding ortho intramolecular Hbond substituents is 1. The molecule has 5 atom stereocenters. The summed E-state index contributed by atoms with van der Waals surface area (Å²) >= 11 is 1.64. The zero-order valence-corrected chi connectivity index (χ0v) is 35.9. The third-order valence-electron chi connectivity index (χ3n) is 11.5. The molecule has 5 N–H and O–H groups in total. The minimum atomic E-state index is -0.792. The van der Waals surface area contributed by atoms with Crippen molar-refractivity contribution in [2.45, 2.75) is 75.9 Å². The van der Waals surface area contributed by atoms with Gasteiger partial charge < -0.3 is 59.1 Å². The molecule has 4 heterocycles. The lowest BCUT2D eigenvalue weighted by Gasteiger charge is -2.51. The Morgan fingerprint density at radius 2 is 1.76 bits per heavy atom. The number of aliphatic hydroxyl groups is 2. The van der Waals surface area contributed by atoms with E-state index in [1.807, 2.05) is 27.2 Å². The largest absolute Gasteiger partial charge is 0.504 e. The number of aryl methyl sites for hydroxylation is 2. The summed E-state index contributed by atoms with van der Waals surface area (Å²) in [5.74, 6) is 2.05. The summed E-state index contributed by atoms with van der Waals surface area (Å²) in [7, 11) is 6.04. The smallest absolute Gasteiger partial charge is 0.327 e. The van der Waals surface area contributed by atoms with Crippen LogP contribution in [0.25, 0.3) is 0 Å². The van der Waals surface area contributed by atoms with Gasteiger partial charge in [-0.2, -0.15) is 11.8 Å². The Balaban J connectivity index is 0.00000288. The van der Waals surface area contributed by atoms with Crippen LogP contribution in [0.5, 0.6) is 40.2 Å². The number of hydrogen-bond donors (Lipinski definition) is 5. The summed E-state index contributed by atoms with van der Waals surface area (Å²) < 4.78 is 42.7. The number of aromatic hydroxyl groups is 1. The lowest BCUT2D eigenvalue weighted by molar-refractivity contribution is -0.149. The highest BCUT2D eigenvalue weighted by Crippen LogP contribution is 2.60. The van der Waals surface area contributed by atoms with Gasteiger partial charge in [0.15, 0.2) is 34.5 Å². The number of hydrogen-bond acceptors (Lipinski definition) is 16. The number of ether oxygens (including phenoxy) is 7. The number of fused-ring (bicyclic) bond motifs is 6. The molecule has 0 spiro atoms. The third kappa shape index (κ3) is 8.22. The molecule has 16 heteroatoms. The van der Waals surface area contributed by atoms with Gasteiger partial charge in [-0.1, -0.05) is 6.07 Å². The summed E-state index contributed by atoms with van der Waals surface area (Å²) in [5, 5.41) is 33.8. The van der Waals surface area contributed by atoms with E-state index in [9.17, 15) is 19.8 Å². The molecule has 4 aliphatic rings. The van der Waals surface area contributed by atoms with Gasteiger partial charge in [0.2, 0.25) is 6.79 Å². The van der Waals surface area contributed by atoms with E-state index in [1.54, 1.807) is 31.0 Å². The molecule has 0 saturated heterocycles. The first kappa shape index (κ1) is 44.1. The maximum atomic E-state index is 14.3. The molecular formula is C43H57N3O12S. The zero-order chi connectivity index (χ0) is 42.5. The predicted octanol–water partition coefficient (Wildman–Crippen LogP) is 4.52. The molecule has 59 heavy (non-hydrogen) atoms. The van der Waals surface area contributed by atoms with Crippen molar-refractivity contribution in [2.24, 2.45) is 0 Å². The fraction of sp³-hybridized carbons (Fsp3) is 0.535. The van der Waals surface area contributed by atoms with E-state index in [1.165, 1.54) is 14.0 Å². The summed E-state index contributed by atoms with van der Waals surface area (Å²) in [6, 6.07) is 3.51. The molecule has 0 aliphatic carbocycles. The summed E-state index contributed by atoms with van der Waals surface area (Å²) in [6.07, 6.45) is 4.63. The van der Waals surface area contributed by atoms with Crippen LogP contribution < -0.4 is 39.1 Å². The maximum Gasteiger partial charge on any atom is 0.327 e. The van der Waals surface area contributed by atoms with Gasteiger partial charge in [-0.25, -0.2) is 4.79 Å². The molecule has 0 radical (unpaired) electrons. The number of methoxy groups -OCH3 is 2. The molecule has 0 saturated carbocycles. The first-order chi connectivity index (χ1) is 28.6. The van der Waals surface area contributed by atoms with E-state index >= 15 is 0 Å². The second-order valence-electron chi connectivity index (χ2n) is 14.8. The molecule has 0 amide bonds. The van der Waals surface area contributed by atoms with Gasteiger partial charge in [0.1, 0.15) is 18.4 Å². The second kappa shape index (κ2) is 19.3. The SMILES string of the molecule is CN[C@@H]1c2c(cc(C)c(OC)c2OCCCO)CCCN2C(COC(=O)C3NCCc4cc(O)c(OC)cc43)c3c4c(c(C)c(OC(C)=O)c3C(SC)C12)OCO4.CO. The Hall–Kier alpha value is -4.45. The number of nitrogens with one attached hydrogen (secondary N) is 2. The topological polar surface area (TPSA) is 187 Å². The van der Waals surface area contributed by atoms with Crippen LogP contribution in [0.4, 0.5) is 0 Å². The van der Waals surface area contributed by atoms with Crippen molar-refractivity contribution in [2.75, 3.05) is 74.3 Å². The third-order valence-corrected chi connectivity index (χ3v) is 12.5. The van der Waals surface area contributed by atoms with Gasteiger partial charge in [0, 0.05) is 61.9 Å². The van der Waals surface area contributed by atoms with Crippen molar-refractivity contribution >= 4 is 23.7 Å². The Bertz CT molecular complexity index is 2030. The number of benzene rings is 3. The minimum Gasteiger partial charge on any atom is -0.504 e. The lowest BCUT2D eigenvalue weighted by atomic mass is 9.78. The number of carbonyl (C=O) groups excluding carboxylic acids is 2. The Morgan fingerprint density at radius 3 is 2.44 bits per heavy atom. The van der Waals surface area contributed by atoms with Crippen molar-refractivity contribution < 1.29 is 58.1 Å². The van der Waals surface area contributed by atoms with E-state index in [0.717, 1.165) is 53.3 Å². The number of nitrogens with zero attached hydrogens (tertiary/aromatic N) is 1. The fourth-order valence-corrected chi connectivity index (χ4v) is 10.2. The predicted molar refractivity (Wildman–Crippen MR) is 221 cm³/mol. The molecule has 4 aliphatic heterocycles. The number of aliphatic hydroxyl groups excluding tert-OH is 2. The van der Waals surface area contributed by atoms with Crippen LogP contribution in [0.3, 0.4) is 0 Å². The number of carbonyl (C=O) groups is 2. The molecule has 322 valence electrons. The highest BCUT2D eigenvalue weighted by Gasteiger charge is 2.51. The van der Waals surface area contributed by atoms with Crippen molar-refractivity contribution in [1.82, 2.24) is 15.5 Å². The minimum absolute atomic E-state index is 0.0103. The Kier molecular flexibility index (Phi) is 14.4. The van der Waals surface area contributed by atoms with E-state index in [2.05, 4.69) is 21.6 Å². The fourth-order valence-electron chi connectivity index (χ4n) is 9.19. The van der Waals surface area contributed by atoms with Crippen molar-refractivity contribution in [3.63, 3.8) is 0 Å². The van der Waals surface area contributed by atoms with Crippen LogP contribution >= 0.6 is 11.8 Å². The molecule has 7 rings (SSSR count). The number of likely N-dealkylation sites (N-methyl/N-ethyl adjacent to an activating group) is 1. The van der Waals surface area contributed by atoms with E-state index in [-0.39, 0.29) is 48.8 Å². The van der Waals surface area contributed by atoms with E-state index < -0.39 is 24.0 Å². The van der Waals surface area contributed by atoms with Gasteiger partial charge in [-0.3, -0.25) is 9.69 Å². The highest BCUT2D eigenvalue weighted by molar-refractivity contribution is 7.98. The Morgan fingerprint density at radius 1 is 1.00 bits per heavy atom. The van der Waals surface area contributed by atoms with Gasteiger partial charge in [0.25, 0.3) is 0 Å². The molecule has 0 aromatic heterocycles. The highest BCUT2D eigenvalue weighted by atomic mass is 32.2. The van der Waals surface area contributed by atoms with Gasteiger partial charge >= 0.3 is 11.9 Å². The van der Waals surface area contributed by atoms with E-state index in [0.29, 0.717) is 72.4 Å². The van der Waals surface area contributed by atoms with Gasteiger partial charge in [-0.15, -0.1) is 0 Å². The second-order valence-corrected chi connectivity index (χ2v) is 15.7. The molecule has 4 unspecified atom stereocenters. The van der Waals surface area contributed by atoms with Gasteiger partial charge in [0.05, 0.1) is 38.2 Å². The molecule has 0 fully saturated rings. The van der Waals surface area contributed by atoms with Crippen LogP contribution in [0.15, 0.2) is 18.2 Å². The normalized spacial score (nSPS) is 21.6. The number of phenols is 1. The maximum absolute atomic E-state index is 14.3. The summed E-state index contributed by atoms with van der Waals surface area (Å²) in [4.78, 5) is 29.5. The average Bonchev–Trinajstić information content (AvgIpc) is 3.72. The van der Waals surface area contributed by atoms with Crippen LogP contribution in [0.1, 0.15) is 87.6 Å². The first-order valence-electron chi connectivity index (χ1n) is 19.9. The molecular weight excluding hydrogens is 783 g/mol. The summed E-state index contributed by atoms with van der Waals surface area (Å²) in [5.41, 5.74) is 6.76. The average molecular weight is 840 g/mol. The zero-order valence-electron chi connectivity index (χ0n) is 35.1. The first-order valence-corrected chi connectivity index (χ1v) is 21.2. The van der Waals surface area contributed by atoms with Crippen molar-refractivity contribution in [3.8, 4) is 40.2 Å². The van der Waals surface area contributed by atoms with Crippen LogP contribution in [0, 0.1) is 13.8 Å². The molecule has 3 aromatic carbocycles. The van der Waals surface area contributed by atoms with Crippen LogP contribution in [-0.2, 0) is 27.2 Å². The molecule has 15 nitrogen and oxygen atoms in total. The van der Waals surface area contributed by atoms with Gasteiger partial charge in [-0.05, 0) is 87.3 Å². The molecule has 3 aromatic rings. The number of thioether (sulfide) groups is 1. The molecule has 0 bridgehead atoms. The van der Waals surface area contributed by atoms with Crippen molar-refractivity contribution in [1.29, 1.82) is 0 Å². The van der Waals surface area contributed by atoms with Crippen LogP contribution in [-0.4, -0.2) is 113 Å². The standard InChI is InChI=1S/C42H53N3O11S.CH4O/c1-21-16-25-10-8-13-45-27(19-53-42(49)33-26-18-29(50-5)28(48)17-24(26)11-12-44-33)31-32(37(56-23(3)47)22(2)38-40(31)55-20-54-38)41(57-7)35(45)34(43-4)30(25)39(36(21)51-6)52-15-9-14-46;1-2/h16-18,27,33-35,41,43-44,46,48H,8-15,19-20H2,1-7H3;2H,1H3/t27?,33?,34-,35?,41?;/m1./s1.